The number of rotatable bonds is 12. The van der Waals surface area contributed by atoms with Gasteiger partial charge in [-0.1, -0.05) is 91.0 Å². The van der Waals surface area contributed by atoms with Crippen LogP contribution in [0, 0.1) is 0 Å². The van der Waals surface area contributed by atoms with Gasteiger partial charge in [0.25, 0.3) is 0 Å². The molecule has 0 aliphatic carbocycles. The molecule has 0 bridgehead atoms. The van der Waals surface area contributed by atoms with Crippen molar-refractivity contribution in [2.45, 2.75) is 50.5 Å². The molecule has 0 fully saturated rings. The minimum Gasteiger partial charge on any atom is -0.391 e. The molecule has 3 aromatic rings. The Bertz CT molecular complexity index is 930. The van der Waals surface area contributed by atoms with Crippen molar-refractivity contribution in [3.8, 4) is 0 Å². The van der Waals surface area contributed by atoms with E-state index < -0.39 is 23.9 Å². The van der Waals surface area contributed by atoms with Gasteiger partial charge >= 0.3 is 0 Å². The molecule has 3 aromatic carbocycles. The van der Waals surface area contributed by atoms with E-state index in [-0.39, 0.29) is 19.6 Å². The van der Waals surface area contributed by atoms with Gasteiger partial charge in [0.2, 0.25) is 0 Å². The first-order valence-corrected chi connectivity index (χ1v) is 10.7. The van der Waals surface area contributed by atoms with Crippen LogP contribution in [0.25, 0.3) is 0 Å². The summed E-state index contributed by atoms with van der Waals surface area (Å²) in [4.78, 5) is 12.2. The van der Waals surface area contributed by atoms with Crippen LogP contribution in [0.1, 0.15) is 23.6 Å². The van der Waals surface area contributed by atoms with Crippen LogP contribution in [-0.2, 0) is 33.9 Å². The van der Waals surface area contributed by atoms with E-state index in [0.717, 1.165) is 16.7 Å². The fraction of sp³-hybridized carbons (Fsp3) is 0.296. The average molecular weight is 435 g/mol. The van der Waals surface area contributed by atoms with Crippen molar-refractivity contribution in [3.63, 3.8) is 0 Å². The summed E-state index contributed by atoms with van der Waals surface area (Å²) in [5.74, 6) is 0. The summed E-state index contributed by atoms with van der Waals surface area (Å²) in [5.41, 5.74) is 0.687. The number of ether oxygens (including phenoxy) is 2. The topological polar surface area (TPSA) is 76.0 Å². The second-order valence-electron chi connectivity index (χ2n) is 7.99. The smallest absolute Gasteiger partial charge is 0.154 e. The van der Waals surface area contributed by atoms with E-state index in [4.69, 9.17) is 9.47 Å². The third-order valence-corrected chi connectivity index (χ3v) is 5.36. The number of carbonyl (C=O) groups is 1. The monoisotopic (exact) mass is 434 g/mol. The predicted octanol–water partition coefficient (Wildman–Crippen LogP) is 3.71. The summed E-state index contributed by atoms with van der Waals surface area (Å²) in [6, 6.07) is 28.3. The highest BCUT2D eigenvalue weighted by Crippen LogP contribution is 2.26. The van der Waals surface area contributed by atoms with Crippen LogP contribution >= 0.6 is 0 Å². The molecule has 5 nitrogen and oxygen atoms in total. The number of hydrogen-bond donors (Lipinski definition) is 2. The first-order chi connectivity index (χ1) is 15.5. The highest BCUT2D eigenvalue weighted by molar-refractivity contribution is 5.64. The molecule has 0 heterocycles. The van der Waals surface area contributed by atoms with Crippen LogP contribution in [0.2, 0.25) is 0 Å². The van der Waals surface area contributed by atoms with Gasteiger partial charge < -0.3 is 24.5 Å². The van der Waals surface area contributed by atoms with Crippen molar-refractivity contribution in [1.82, 2.24) is 0 Å². The summed E-state index contributed by atoms with van der Waals surface area (Å²) in [6.07, 6.45) is -2.48. The zero-order valence-corrected chi connectivity index (χ0v) is 18.2. The van der Waals surface area contributed by atoms with Crippen molar-refractivity contribution < 1.29 is 24.5 Å². The fourth-order valence-corrected chi connectivity index (χ4v) is 3.66. The van der Waals surface area contributed by atoms with Crippen LogP contribution in [0.5, 0.6) is 0 Å². The number of carbonyl (C=O) groups excluding carboxylic acids is 1. The molecule has 3 rings (SSSR count). The second kappa shape index (κ2) is 11.7. The average Bonchev–Trinajstić information content (AvgIpc) is 2.82. The highest BCUT2D eigenvalue weighted by atomic mass is 16.6. The van der Waals surface area contributed by atoms with E-state index >= 15 is 0 Å². The molecule has 32 heavy (non-hydrogen) atoms. The van der Waals surface area contributed by atoms with E-state index in [1.54, 1.807) is 6.92 Å². The van der Waals surface area contributed by atoms with Crippen molar-refractivity contribution in [2.75, 3.05) is 0 Å². The number of aliphatic hydroxyl groups is 2. The zero-order chi connectivity index (χ0) is 22.8. The maximum Gasteiger partial charge on any atom is 0.154 e. The molecule has 0 amide bonds. The van der Waals surface area contributed by atoms with E-state index in [0.29, 0.717) is 6.29 Å². The SMILES string of the molecule is C[C@H](O)[C@@H](OCc1ccccc1)[C@@H](OCc1ccccc1)[C@](O)(C=O)Cc1ccccc1. The van der Waals surface area contributed by atoms with Crippen molar-refractivity contribution in [3.05, 3.63) is 108 Å². The Balaban J connectivity index is 1.87. The molecule has 0 unspecified atom stereocenters. The van der Waals surface area contributed by atoms with Crippen LogP contribution in [0.15, 0.2) is 91.0 Å². The van der Waals surface area contributed by atoms with Gasteiger partial charge in [0.15, 0.2) is 11.9 Å². The van der Waals surface area contributed by atoms with Gasteiger partial charge in [0.05, 0.1) is 19.3 Å². The Morgan fingerprint density at radius 1 is 0.781 bits per heavy atom. The Labute approximate surface area is 189 Å². The lowest BCUT2D eigenvalue weighted by Crippen LogP contribution is -2.57. The Morgan fingerprint density at radius 2 is 1.22 bits per heavy atom. The summed E-state index contributed by atoms with van der Waals surface area (Å²) < 4.78 is 12.1. The fourth-order valence-electron chi connectivity index (χ4n) is 3.66. The number of hydrogen-bond acceptors (Lipinski definition) is 5. The number of benzene rings is 3. The predicted molar refractivity (Wildman–Crippen MR) is 123 cm³/mol. The molecule has 2 N–H and O–H groups in total. The van der Waals surface area contributed by atoms with Crippen molar-refractivity contribution in [1.29, 1.82) is 0 Å². The van der Waals surface area contributed by atoms with Gasteiger partial charge in [0, 0.05) is 6.42 Å². The molecule has 0 radical (unpaired) electrons. The molecular formula is C27H30O5. The summed E-state index contributed by atoms with van der Waals surface area (Å²) in [5, 5.41) is 22.0. The second-order valence-corrected chi connectivity index (χ2v) is 7.99. The number of aldehydes is 1. The van der Waals surface area contributed by atoms with Gasteiger partial charge in [-0.15, -0.1) is 0 Å². The Hall–Kier alpha value is -2.83. The quantitative estimate of drug-likeness (QED) is 0.425. The minimum absolute atomic E-state index is 0.0364. The normalized spacial score (nSPS) is 16.0. The van der Waals surface area contributed by atoms with E-state index in [2.05, 4.69) is 0 Å². The molecule has 0 spiro atoms. The molecule has 0 aromatic heterocycles. The molecule has 4 atom stereocenters. The van der Waals surface area contributed by atoms with Gasteiger partial charge in [-0.2, -0.15) is 0 Å². The van der Waals surface area contributed by atoms with Crippen LogP contribution < -0.4 is 0 Å². The van der Waals surface area contributed by atoms with Crippen LogP contribution in [0.3, 0.4) is 0 Å². The zero-order valence-electron chi connectivity index (χ0n) is 18.2. The molecule has 0 aliphatic rings. The first kappa shape index (κ1) is 23.8. The molecule has 168 valence electrons. The van der Waals surface area contributed by atoms with E-state index in [1.165, 1.54) is 0 Å². The van der Waals surface area contributed by atoms with Crippen molar-refractivity contribution >= 4 is 6.29 Å². The summed E-state index contributed by atoms with van der Waals surface area (Å²) >= 11 is 0. The summed E-state index contributed by atoms with van der Waals surface area (Å²) in [7, 11) is 0. The minimum atomic E-state index is -1.89. The molecule has 0 saturated heterocycles. The van der Waals surface area contributed by atoms with E-state index in [1.807, 2.05) is 91.0 Å². The van der Waals surface area contributed by atoms with Crippen molar-refractivity contribution in [2.24, 2.45) is 0 Å². The molecule has 5 heteroatoms. The standard InChI is InChI=1S/C27H30O5/c1-21(29)25(31-18-23-13-7-3-8-14-23)26(32-19-24-15-9-4-10-16-24)27(30,20-28)17-22-11-5-2-6-12-22/h2-16,20-21,25-26,29-30H,17-19H2,1H3/t21-,25+,26+,27+/m0/s1. The Morgan fingerprint density at radius 3 is 1.66 bits per heavy atom. The van der Waals surface area contributed by atoms with Crippen LogP contribution in [0.4, 0.5) is 0 Å². The number of aliphatic hydroxyl groups excluding tert-OH is 1. The van der Waals surface area contributed by atoms with Crippen LogP contribution in [-0.4, -0.2) is 40.4 Å². The third kappa shape index (κ3) is 6.58. The van der Waals surface area contributed by atoms with Gasteiger partial charge in [-0.05, 0) is 23.6 Å². The van der Waals surface area contributed by atoms with Gasteiger partial charge in [-0.25, -0.2) is 0 Å². The molecule has 0 saturated carbocycles. The lowest BCUT2D eigenvalue weighted by molar-refractivity contribution is -0.194. The maximum atomic E-state index is 12.2. The first-order valence-electron chi connectivity index (χ1n) is 10.7. The highest BCUT2D eigenvalue weighted by Gasteiger charge is 2.45. The molecule has 0 aliphatic heterocycles. The van der Waals surface area contributed by atoms with E-state index in [9.17, 15) is 15.0 Å². The lowest BCUT2D eigenvalue weighted by Gasteiger charge is -2.38. The third-order valence-electron chi connectivity index (χ3n) is 5.36. The lowest BCUT2D eigenvalue weighted by atomic mass is 9.85. The Kier molecular flexibility index (Phi) is 8.71. The molecular weight excluding hydrogens is 404 g/mol. The maximum absolute atomic E-state index is 12.2. The summed E-state index contributed by atoms with van der Waals surface area (Å²) in [6.45, 7) is 1.94. The van der Waals surface area contributed by atoms with Gasteiger partial charge in [-0.3, -0.25) is 0 Å². The van der Waals surface area contributed by atoms with Gasteiger partial charge in [0.1, 0.15) is 12.2 Å². The largest absolute Gasteiger partial charge is 0.391 e.